The number of hydrogen-bond acceptors (Lipinski definition) is 3. The Morgan fingerprint density at radius 2 is 1.94 bits per heavy atom. The molecule has 1 aromatic carbocycles. The van der Waals surface area contributed by atoms with Gasteiger partial charge in [0.25, 0.3) is 0 Å². The van der Waals surface area contributed by atoms with E-state index in [1.165, 1.54) is 5.69 Å². The normalized spacial score (nSPS) is 18.4. The molecule has 1 fully saturated rings. The molecule has 0 saturated carbocycles. The highest BCUT2D eigenvalue weighted by molar-refractivity contribution is 6.31. The zero-order valence-electron chi connectivity index (χ0n) is 10.9. The smallest absolute Gasteiger partial charge is 0.0950 e. The minimum absolute atomic E-state index is 0.00811. The molecule has 0 spiro atoms. The summed E-state index contributed by atoms with van der Waals surface area (Å²) < 4.78 is 0. The van der Waals surface area contributed by atoms with Crippen LogP contribution in [0.3, 0.4) is 0 Å². The average Bonchev–Trinajstić information content (AvgIpc) is 2.41. The van der Waals surface area contributed by atoms with Gasteiger partial charge in [-0.25, -0.2) is 0 Å². The Balaban J connectivity index is 2.01. The first-order valence-corrected chi connectivity index (χ1v) is 6.64. The Hall–Kier alpha value is -1.24. The molecule has 1 aliphatic heterocycles. The van der Waals surface area contributed by atoms with Gasteiger partial charge in [0.2, 0.25) is 0 Å². The lowest BCUT2D eigenvalue weighted by Gasteiger charge is -2.37. The van der Waals surface area contributed by atoms with Crippen molar-refractivity contribution in [3.05, 3.63) is 28.8 Å². The number of rotatable bonds is 2. The van der Waals surface area contributed by atoms with Gasteiger partial charge < -0.3 is 4.90 Å². The lowest BCUT2D eigenvalue weighted by atomic mass is 10.2. The molecule has 1 aromatic rings. The van der Waals surface area contributed by atoms with Gasteiger partial charge in [0, 0.05) is 36.9 Å². The molecule has 0 aliphatic carbocycles. The van der Waals surface area contributed by atoms with E-state index in [-0.39, 0.29) is 6.04 Å². The van der Waals surface area contributed by atoms with Crippen LogP contribution in [0.15, 0.2) is 18.2 Å². The van der Waals surface area contributed by atoms with E-state index in [1.807, 2.05) is 19.9 Å². The third kappa shape index (κ3) is 2.77. The molecule has 1 heterocycles. The molecule has 3 nitrogen and oxygen atoms in total. The maximum absolute atomic E-state index is 8.91. The first kappa shape index (κ1) is 13.2. The summed E-state index contributed by atoms with van der Waals surface area (Å²) in [5.74, 6) is 0. The summed E-state index contributed by atoms with van der Waals surface area (Å²) in [7, 11) is 0. The Bertz CT molecular complexity index is 459. The highest BCUT2D eigenvalue weighted by Crippen LogP contribution is 2.24. The molecule has 1 saturated heterocycles. The number of piperazine rings is 1. The summed E-state index contributed by atoms with van der Waals surface area (Å²) in [5.41, 5.74) is 2.28. The molecule has 0 bridgehead atoms. The number of nitriles is 1. The van der Waals surface area contributed by atoms with Crippen LogP contribution in [0.1, 0.15) is 12.5 Å². The van der Waals surface area contributed by atoms with E-state index in [0.717, 1.165) is 36.8 Å². The van der Waals surface area contributed by atoms with Crippen LogP contribution in [0.5, 0.6) is 0 Å². The lowest BCUT2D eigenvalue weighted by Crippen LogP contribution is -2.49. The van der Waals surface area contributed by atoms with E-state index >= 15 is 0 Å². The van der Waals surface area contributed by atoms with Crippen molar-refractivity contribution < 1.29 is 0 Å². The van der Waals surface area contributed by atoms with E-state index in [2.05, 4.69) is 28.0 Å². The number of halogens is 1. The van der Waals surface area contributed by atoms with Crippen molar-refractivity contribution in [2.75, 3.05) is 31.1 Å². The molecule has 0 amide bonds. The summed E-state index contributed by atoms with van der Waals surface area (Å²) in [5, 5.41) is 9.73. The van der Waals surface area contributed by atoms with Crippen molar-refractivity contribution >= 4 is 17.3 Å². The summed E-state index contributed by atoms with van der Waals surface area (Å²) in [6.45, 7) is 7.73. The molecule has 0 N–H and O–H groups in total. The molecule has 1 unspecified atom stereocenters. The SMILES string of the molecule is Cc1ccc(N2CCN(C(C)C#N)CC2)cc1Cl. The highest BCUT2D eigenvalue weighted by atomic mass is 35.5. The van der Waals surface area contributed by atoms with Crippen LogP contribution in [-0.2, 0) is 0 Å². The van der Waals surface area contributed by atoms with Crippen molar-refractivity contribution in [1.82, 2.24) is 4.90 Å². The highest BCUT2D eigenvalue weighted by Gasteiger charge is 2.21. The van der Waals surface area contributed by atoms with Crippen LogP contribution in [0.2, 0.25) is 5.02 Å². The number of aryl methyl sites for hydroxylation is 1. The third-order valence-electron chi connectivity index (χ3n) is 3.57. The van der Waals surface area contributed by atoms with Crippen LogP contribution < -0.4 is 4.90 Å². The lowest BCUT2D eigenvalue weighted by molar-refractivity contribution is 0.231. The number of nitrogens with zero attached hydrogens (tertiary/aromatic N) is 3. The van der Waals surface area contributed by atoms with Gasteiger partial charge in [-0.05, 0) is 31.5 Å². The molecule has 4 heteroatoms. The summed E-state index contributed by atoms with van der Waals surface area (Å²) in [6.07, 6.45) is 0. The predicted molar refractivity (Wildman–Crippen MR) is 75.1 cm³/mol. The maximum Gasteiger partial charge on any atom is 0.0950 e. The minimum atomic E-state index is 0.00811. The van der Waals surface area contributed by atoms with E-state index in [9.17, 15) is 0 Å². The Morgan fingerprint density at radius 3 is 2.50 bits per heavy atom. The molecule has 2 rings (SSSR count). The largest absolute Gasteiger partial charge is 0.369 e. The van der Waals surface area contributed by atoms with Crippen LogP contribution >= 0.6 is 11.6 Å². The van der Waals surface area contributed by atoms with Crippen molar-refractivity contribution in [2.45, 2.75) is 19.9 Å². The zero-order chi connectivity index (χ0) is 13.1. The minimum Gasteiger partial charge on any atom is -0.369 e. The van der Waals surface area contributed by atoms with Crippen molar-refractivity contribution in [3.8, 4) is 6.07 Å². The summed E-state index contributed by atoms with van der Waals surface area (Å²) in [4.78, 5) is 4.54. The van der Waals surface area contributed by atoms with Crippen LogP contribution in [0.4, 0.5) is 5.69 Å². The predicted octanol–water partition coefficient (Wildman–Crippen LogP) is 2.68. The Kier molecular flexibility index (Phi) is 4.11. The number of hydrogen-bond donors (Lipinski definition) is 0. The summed E-state index contributed by atoms with van der Waals surface area (Å²) >= 11 is 6.15. The van der Waals surface area contributed by atoms with E-state index in [0.29, 0.717) is 0 Å². The second-order valence-electron chi connectivity index (χ2n) is 4.76. The Labute approximate surface area is 114 Å². The van der Waals surface area contributed by atoms with E-state index < -0.39 is 0 Å². The van der Waals surface area contributed by atoms with Crippen molar-refractivity contribution in [1.29, 1.82) is 5.26 Å². The average molecular weight is 264 g/mol. The first-order valence-electron chi connectivity index (χ1n) is 6.26. The molecular weight excluding hydrogens is 246 g/mol. The van der Waals surface area contributed by atoms with Crippen LogP contribution in [0.25, 0.3) is 0 Å². The molecule has 18 heavy (non-hydrogen) atoms. The van der Waals surface area contributed by atoms with Crippen LogP contribution in [0, 0.1) is 18.3 Å². The van der Waals surface area contributed by atoms with Gasteiger partial charge in [-0.3, -0.25) is 4.90 Å². The fourth-order valence-electron chi connectivity index (χ4n) is 2.23. The van der Waals surface area contributed by atoms with E-state index in [4.69, 9.17) is 16.9 Å². The zero-order valence-corrected chi connectivity index (χ0v) is 11.6. The molecule has 0 aromatic heterocycles. The number of anilines is 1. The molecule has 1 aliphatic rings. The van der Waals surface area contributed by atoms with E-state index in [1.54, 1.807) is 0 Å². The third-order valence-corrected chi connectivity index (χ3v) is 3.98. The molecular formula is C14H18ClN3. The fraction of sp³-hybridized carbons (Fsp3) is 0.500. The maximum atomic E-state index is 8.91. The molecule has 1 atom stereocenters. The standard InChI is InChI=1S/C14H18ClN3/c1-11-3-4-13(9-14(11)15)18-7-5-17(6-8-18)12(2)10-16/h3-4,9,12H,5-8H2,1-2H3. The second kappa shape index (κ2) is 5.60. The quantitative estimate of drug-likeness (QED) is 0.822. The monoisotopic (exact) mass is 263 g/mol. The van der Waals surface area contributed by atoms with Gasteiger partial charge in [0.05, 0.1) is 12.1 Å². The molecule has 96 valence electrons. The fourth-order valence-corrected chi connectivity index (χ4v) is 2.40. The molecule has 0 radical (unpaired) electrons. The summed E-state index contributed by atoms with van der Waals surface area (Å²) in [6, 6.07) is 8.50. The van der Waals surface area contributed by atoms with Gasteiger partial charge in [-0.1, -0.05) is 17.7 Å². The van der Waals surface area contributed by atoms with Gasteiger partial charge in [0.15, 0.2) is 0 Å². The second-order valence-corrected chi connectivity index (χ2v) is 5.17. The topological polar surface area (TPSA) is 30.3 Å². The van der Waals surface area contributed by atoms with Crippen molar-refractivity contribution in [2.24, 2.45) is 0 Å². The van der Waals surface area contributed by atoms with Gasteiger partial charge in [0.1, 0.15) is 0 Å². The van der Waals surface area contributed by atoms with Gasteiger partial charge in [-0.2, -0.15) is 5.26 Å². The Morgan fingerprint density at radius 1 is 1.28 bits per heavy atom. The first-order chi connectivity index (χ1) is 8.61. The van der Waals surface area contributed by atoms with Crippen molar-refractivity contribution in [3.63, 3.8) is 0 Å². The van der Waals surface area contributed by atoms with Gasteiger partial charge >= 0.3 is 0 Å². The van der Waals surface area contributed by atoms with Crippen LogP contribution in [-0.4, -0.2) is 37.1 Å². The number of benzene rings is 1. The van der Waals surface area contributed by atoms with Gasteiger partial charge in [-0.15, -0.1) is 0 Å².